The van der Waals surface area contributed by atoms with Crippen LogP contribution in [0.1, 0.15) is 48.5 Å². The van der Waals surface area contributed by atoms with Crippen molar-refractivity contribution in [3.8, 4) is 0 Å². The molecule has 1 spiro atoms. The molecule has 21 heavy (non-hydrogen) atoms. The van der Waals surface area contributed by atoms with Crippen molar-refractivity contribution in [1.82, 2.24) is 0 Å². The van der Waals surface area contributed by atoms with Crippen LogP contribution in [0.4, 0.5) is 0 Å². The van der Waals surface area contributed by atoms with E-state index in [2.05, 4.69) is 32.0 Å². The first-order chi connectivity index (χ1) is 10.1. The summed E-state index contributed by atoms with van der Waals surface area (Å²) in [5.41, 5.74) is 3.44. The Morgan fingerprint density at radius 1 is 1.10 bits per heavy atom. The van der Waals surface area contributed by atoms with Gasteiger partial charge in [-0.2, -0.15) is 0 Å². The van der Waals surface area contributed by atoms with E-state index in [4.69, 9.17) is 9.47 Å². The lowest BCUT2D eigenvalue weighted by molar-refractivity contribution is -0.159. The number of benzene rings is 1. The first-order valence-electron chi connectivity index (χ1n) is 8.06. The molecule has 0 aliphatic carbocycles. The zero-order chi connectivity index (χ0) is 14.9. The molecule has 1 aromatic carbocycles. The Labute approximate surface area is 127 Å². The van der Waals surface area contributed by atoms with Crippen molar-refractivity contribution in [1.29, 1.82) is 0 Å². The Morgan fingerprint density at radius 3 is 2.43 bits per heavy atom. The molecule has 0 bridgehead atoms. The van der Waals surface area contributed by atoms with E-state index in [0.717, 1.165) is 51.1 Å². The van der Waals surface area contributed by atoms with E-state index in [-0.39, 0.29) is 17.6 Å². The van der Waals surface area contributed by atoms with Crippen molar-refractivity contribution < 1.29 is 14.6 Å². The van der Waals surface area contributed by atoms with Gasteiger partial charge in [0.15, 0.2) is 0 Å². The van der Waals surface area contributed by atoms with Gasteiger partial charge in [0, 0.05) is 19.8 Å². The molecule has 116 valence electrons. The number of aryl methyl sites for hydroxylation is 2. The normalized spacial score (nSPS) is 26.7. The quantitative estimate of drug-likeness (QED) is 0.908. The smallest absolute Gasteiger partial charge is 0.0820 e. The number of aliphatic hydroxyl groups is 1. The summed E-state index contributed by atoms with van der Waals surface area (Å²) in [5, 5.41) is 10.8. The Kier molecular flexibility index (Phi) is 4.34. The van der Waals surface area contributed by atoms with Crippen LogP contribution >= 0.6 is 0 Å². The van der Waals surface area contributed by atoms with Gasteiger partial charge in [0.2, 0.25) is 0 Å². The lowest BCUT2D eigenvalue weighted by Gasteiger charge is -2.44. The number of ether oxygens (including phenoxy) is 2. The molecule has 3 nitrogen and oxygen atoms in total. The van der Waals surface area contributed by atoms with Crippen LogP contribution in [-0.2, 0) is 9.47 Å². The Bertz CT molecular complexity index is 465. The van der Waals surface area contributed by atoms with Crippen molar-refractivity contribution in [2.75, 3.05) is 19.8 Å². The first kappa shape index (κ1) is 15.0. The maximum absolute atomic E-state index is 10.8. The standard InChI is InChI=1S/C18H26O3/c1-13-9-14(2)11-16(10-13)17(19)15-3-6-21-18(12-15)4-7-20-8-5-18/h9-11,15,17,19H,3-8,12H2,1-2H3. The van der Waals surface area contributed by atoms with Gasteiger partial charge in [-0.3, -0.25) is 0 Å². The van der Waals surface area contributed by atoms with E-state index in [1.54, 1.807) is 0 Å². The molecule has 2 heterocycles. The molecular formula is C18H26O3. The molecule has 2 fully saturated rings. The van der Waals surface area contributed by atoms with Gasteiger partial charge in [0.05, 0.1) is 11.7 Å². The summed E-state index contributed by atoms with van der Waals surface area (Å²) in [7, 11) is 0. The van der Waals surface area contributed by atoms with Crippen LogP contribution in [0.15, 0.2) is 18.2 Å². The van der Waals surface area contributed by atoms with Crippen LogP contribution in [0.25, 0.3) is 0 Å². The second kappa shape index (κ2) is 6.07. The summed E-state index contributed by atoms with van der Waals surface area (Å²) in [6.07, 6.45) is 3.43. The number of rotatable bonds is 2. The summed E-state index contributed by atoms with van der Waals surface area (Å²) < 4.78 is 11.5. The summed E-state index contributed by atoms with van der Waals surface area (Å²) >= 11 is 0. The summed E-state index contributed by atoms with van der Waals surface area (Å²) in [5.74, 6) is 0.290. The highest BCUT2D eigenvalue weighted by molar-refractivity contribution is 5.30. The van der Waals surface area contributed by atoms with Gasteiger partial charge in [-0.15, -0.1) is 0 Å². The fourth-order valence-electron chi connectivity index (χ4n) is 3.88. The predicted octanol–water partition coefficient (Wildman–Crippen LogP) is 3.31. The highest BCUT2D eigenvalue weighted by atomic mass is 16.5. The molecule has 0 amide bonds. The van der Waals surface area contributed by atoms with Crippen LogP contribution in [-0.4, -0.2) is 30.5 Å². The van der Waals surface area contributed by atoms with Crippen molar-refractivity contribution in [2.24, 2.45) is 5.92 Å². The van der Waals surface area contributed by atoms with Crippen LogP contribution in [0, 0.1) is 19.8 Å². The lowest BCUT2D eigenvalue weighted by Crippen LogP contribution is -2.45. The van der Waals surface area contributed by atoms with Crippen LogP contribution in [0.5, 0.6) is 0 Å². The van der Waals surface area contributed by atoms with Gasteiger partial charge in [-0.25, -0.2) is 0 Å². The van der Waals surface area contributed by atoms with E-state index >= 15 is 0 Å². The van der Waals surface area contributed by atoms with Crippen molar-refractivity contribution >= 4 is 0 Å². The molecule has 0 saturated carbocycles. The second-order valence-corrected chi connectivity index (χ2v) is 6.76. The van der Waals surface area contributed by atoms with Crippen LogP contribution in [0.2, 0.25) is 0 Å². The molecule has 2 aliphatic rings. The molecule has 0 radical (unpaired) electrons. The van der Waals surface area contributed by atoms with Crippen molar-refractivity contribution in [2.45, 2.75) is 51.2 Å². The summed E-state index contributed by atoms with van der Waals surface area (Å²) in [4.78, 5) is 0. The molecule has 2 atom stereocenters. The van der Waals surface area contributed by atoms with E-state index in [9.17, 15) is 5.11 Å². The largest absolute Gasteiger partial charge is 0.388 e. The third kappa shape index (κ3) is 3.31. The molecule has 3 rings (SSSR count). The third-order valence-corrected chi connectivity index (χ3v) is 4.97. The zero-order valence-electron chi connectivity index (χ0n) is 13.1. The number of aliphatic hydroxyl groups excluding tert-OH is 1. The van der Waals surface area contributed by atoms with E-state index in [0.29, 0.717) is 0 Å². The molecule has 2 saturated heterocycles. The SMILES string of the molecule is Cc1cc(C)cc(C(O)C2CCOC3(CCOCC3)C2)c1. The molecule has 2 unspecified atom stereocenters. The van der Waals surface area contributed by atoms with E-state index in [1.807, 2.05) is 0 Å². The van der Waals surface area contributed by atoms with E-state index in [1.165, 1.54) is 11.1 Å². The highest BCUT2D eigenvalue weighted by Crippen LogP contribution is 2.41. The van der Waals surface area contributed by atoms with Gasteiger partial charge in [-0.05, 0) is 51.0 Å². The number of hydrogen-bond donors (Lipinski definition) is 1. The number of hydrogen-bond acceptors (Lipinski definition) is 3. The lowest BCUT2D eigenvalue weighted by atomic mass is 9.77. The van der Waals surface area contributed by atoms with Crippen molar-refractivity contribution in [3.63, 3.8) is 0 Å². The zero-order valence-corrected chi connectivity index (χ0v) is 13.1. The van der Waals surface area contributed by atoms with Gasteiger partial charge < -0.3 is 14.6 Å². The van der Waals surface area contributed by atoms with Gasteiger partial charge in [0.1, 0.15) is 0 Å². The highest BCUT2D eigenvalue weighted by Gasteiger charge is 2.41. The fourth-order valence-corrected chi connectivity index (χ4v) is 3.88. The summed E-state index contributed by atoms with van der Waals surface area (Å²) in [6.45, 7) is 6.51. The minimum absolute atomic E-state index is 0.0545. The van der Waals surface area contributed by atoms with E-state index < -0.39 is 0 Å². The minimum atomic E-state index is -0.382. The van der Waals surface area contributed by atoms with Crippen LogP contribution < -0.4 is 0 Å². The second-order valence-electron chi connectivity index (χ2n) is 6.76. The minimum Gasteiger partial charge on any atom is -0.388 e. The van der Waals surface area contributed by atoms with Gasteiger partial charge in [-0.1, -0.05) is 29.3 Å². The average molecular weight is 290 g/mol. The van der Waals surface area contributed by atoms with Gasteiger partial charge in [0.25, 0.3) is 0 Å². The maximum Gasteiger partial charge on any atom is 0.0820 e. The maximum atomic E-state index is 10.8. The predicted molar refractivity (Wildman–Crippen MR) is 82.3 cm³/mol. The van der Waals surface area contributed by atoms with Gasteiger partial charge >= 0.3 is 0 Å². The molecule has 1 N–H and O–H groups in total. The molecule has 1 aromatic rings. The average Bonchev–Trinajstić information content (AvgIpc) is 2.46. The summed E-state index contributed by atoms with van der Waals surface area (Å²) in [6, 6.07) is 6.38. The topological polar surface area (TPSA) is 38.7 Å². The molecule has 0 aromatic heterocycles. The molecule has 3 heteroatoms. The Hall–Kier alpha value is -0.900. The fraction of sp³-hybridized carbons (Fsp3) is 0.667. The Morgan fingerprint density at radius 2 is 1.76 bits per heavy atom. The molecule has 2 aliphatic heterocycles. The molecular weight excluding hydrogens is 264 g/mol. The van der Waals surface area contributed by atoms with Crippen LogP contribution in [0.3, 0.4) is 0 Å². The first-order valence-corrected chi connectivity index (χ1v) is 8.06. The van der Waals surface area contributed by atoms with Crippen molar-refractivity contribution in [3.05, 3.63) is 34.9 Å². The third-order valence-electron chi connectivity index (χ3n) is 4.97. The monoisotopic (exact) mass is 290 g/mol. The Balaban J connectivity index is 1.76.